The van der Waals surface area contributed by atoms with Gasteiger partial charge in [0.15, 0.2) is 0 Å². The highest BCUT2D eigenvalue weighted by molar-refractivity contribution is 5.76. The Balaban J connectivity index is 1.88. The number of fused-ring (bicyclic) bond motifs is 1. The van der Waals surface area contributed by atoms with Crippen LogP contribution in [0.5, 0.6) is 5.75 Å². The molecular weight excluding hydrogens is 262 g/mol. The molecule has 1 aromatic carbocycles. The third-order valence-electron chi connectivity index (χ3n) is 4.49. The van der Waals surface area contributed by atoms with E-state index in [1.54, 1.807) is 7.11 Å². The van der Waals surface area contributed by atoms with Gasteiger partial charge in [0.05, 0.1) is 24.2 Å². The Morgan fingerprint density at radius 2 is 2.00 bits per heavy atom. The molecule has 0 amide bonds. The van der Waals surface area contributed by atoms with E-state index in [0.717, 1.165) is 29.0 Å². The normalized spacial score (nSPS) is 18.6. The number of hydrogen-bond donors (Lipinski definition) is 1. The number of methoxy groups -OCH3 is 1. The van der Waals surface area contributed by atoms with Gasteiger partial charge in [0.2, 0.25) is 0 Å². The van der Waals surface area contributed by atoms with Crippen molar-refractivity contribution in [3.8, 4) is 5.75 Å². The number of nitrogens with zero attached hydrogens (tertiary/aromatic N) is 2. The maximum atomic E-state index is 5.29. The van der Waals surface area contributed by atoms with Gasteiger partial charge >= 0.3 is 0 Å². The first-order valence-corrected chi connectivity index (χ1v) is 8.09. The summed E-state index contributed by atoms with van der Waals surface area (Å²) in [7, 11) is 1.70. The summed E-state index contributed by atoms with van der Waals surface area (Å²) in [5.74, 6) is 1.98. The molecule has 2 aromatic rings. The van der Waals surface area contributed by atoms with Gasteiger partial charge in [-0.05, 0) is 44.5 Å². The largest absolute Gasteiger partial charge is 0.497 e. The van der Waals surface area contributed by atoms with Crippen molar-refractivity contribution < 1.29 is 4.74 Å². The summed E-state index contributed by atoms with van der Waals surface area (Å²) in [6, 6.07) is 6.44. The van der Waals surface area contributed by atoms with E-state index in [0.29, 0.717) is 6.04 Å². The molecule has 1 saturated heterocycles. The molecular formula is C17H25N3O. The van der Waals surface area contributed by atoms with Crippen LogP contribution in [0.25, 0.3) is 11.0 Å². The third-order valence-corrected chi connectivity index (χ3v) is 4.49. The van der Waals surface area contributed by atoms with Crippen LogP contribution >= 0.6 is 0 Å². The fourth-order valence-corrected chi connectivity index (χ4v) is 3.32. The summed E-state index contributed by atoms with van der Waals surface area (Å²) in [6.07, 6.45) is 6.45. The van der Waals surface area contributed by atoms with Gasteiger partial charge in [-0.1, -0.05) is 19.8 Å². The second-order valence-electron chi connectivity index (χ2n) is 5.88. The Labute approximate surface area is 126 Å². The zero-order chi connectivity index (χ0) is 14.7. The lowest BCUT2D eigenvalue weighted by molar-refractivity contribution is 0.193. The van der Waals surface area contributed by atoms with Crippen LogP contribution in [0.2, 0.25) is 0 Å². The van der Waals surface area contributed by atoms with Gasteiger partial charge in [-0.3, -0.25) is 4.90 Å². The van der Waals surface area contributed by atoms with Crippen molar-refractivity contribution >= 4 is 11.0 Å². The van der Waals surface area contributed by atoms with Crippen molar-refractivity contribution in [1.29, 1.82) is 0 Å². The first kappa shape index (κ1) is 14.4. The van der Waals surface area contributed by atoms with Crippen LogP contribution in [0.15, 0.2) is 18.2 Å². The highest BCUT2D eigenvalue weighted by Crippen LogP contribution is 2.28. The predicted molar refractivity (Wildman–Crippen MR) is 85.7 cm³/mol. The number of benzene rings is 1. The van der Waals surface area contributed by atoms with Crippen molar-refractivity contribution in [3.05, 3.63) is 24.0 Å². The van der Waals surface area contributed by atoms with Crippen LogP contribution in [-0.4, -0.2) is 35.1 Å². The molecule has 21 heavy (non-hydrogen) atoms. The number of rotatable bonds is 4. The molecule has 4 nitrogen and oxygen atoms in total. The van der Waals surface area contributed by atoms with Crippen molar-refractivity contribution in [2.45, 2.75) is 45.1 Å². The smallest absolute Gasteiger partial charge is 0.124 e. The van der Waals surface area contributed by atoms with E-state index in [4.69, 9.17) is 9.72 Å². The number of hydrogen-bond acceptors (Lipinski definition) is 3. The lowest BCUT2D eigenvalue weighted by Gasteiger charge is -2.28. The molecule has 4 heteroatoms. The highest BCUT2D eigenvalue weighted by atomic mass is 16.5. The Kier molecular flexibility index (Phi) is 4.44. The molecule has 1 aliphatic rings. The third kappa shape index (κ3) is 3.05. The first-order chi connectivity index (χ1) is 10.3. The zero-order valence-corrected chi connectivity index (χ0v) is 13.1. The summed E-state index contributed by atoms with van der Waals surface area (Å²) in [5.41, 5.74) is 2.09. The molecule has 0 saturated carbocycles. The van der Waals surface area contributed by atoms with Crippen molar-refractivity contribution in [2.24, 2.45) is 0 Å². The van der Waals surface area contributed by atoms with E-state index >= 15 is 0 Å². The average molecular weight is 287 g/mol. The van der Waals surface area contributed by atoms with Gasteiger partial charge in [-0.15, -0.1) is 0 Å². The van der Waals surface area contributed by atoms with E-state index in [1.165, 1.54) is 38.8 Å². The maximum Gasteiger partial charge on any atom is 0.124 e. The summed E-state index contributed by atoms with van der Waals surface area (Å²) in [5, 5.41) is 0. The summed E-state index contributed by atoms with van der Waals surface area (Å²) in [4.78, 5) is 10.9. The minimum Gasteiger partial charge on any atom is -0.497 e. The summed E-state index contributed by atoms with van der Waals surface area (Å²) in [6.45, 7) is 4.64. The van der Waals surface area contributed by atoms with E-state index in [1.807, 2.05) is 18.2 Å². The molecule has 1 fully saturated rings. The van der Waals surface area contributed by atoms with Crippen molar-refractivity contribution in [2.75, 3.05) is 20.2 Å². The number of ether oxygens (including phenoxy) is 1. The van der Waals surface area contributed by atoms with E-state index in [2.05, 4.69) is 16.8 Å². The molecule has 1 N–H and O–H groups in total. The Morgan fingerprint density at radius 3 is 2.67 bits per heavy atom. The monoisotopic (exact) mass is 287 g/mol. The van der Waals surface area contributed by atoms with Crippen LogP contribution in [0, 0.1) is 0 Å². The van der Waals surface area contributed by atoms with Crippen LogP contribution in [0.3, 0.4) is 0 Å². The number of imidazole rings is 1. The van der Waals surface area contributed by atoms with Crippen LogP contribution in [0.4, 0.5) is 0 Å². The van der Waals surface area contributed by atoms with Gasteiger partial charge < -0.3 is 9.72 Å². The molecule has 1 aliphatic heterocycles. The number of likely N-dealkylation sites (tertiary alicyclic amines) is 1. The SMILES string of the molecule is CCC(c1nc2ccc(OC)cc2[nH]1)N1CCCCCC1. The lowest BCUT2D eigenvalue weighted by atomic mass is 10.1. The summed E-state index contributed by atoms with van der Waals surface area (Å²) < 4.78 is 5.29. The number of aromatic amines is 1. The molecule has 3 rings (SSSR count). The minimum atomic E-state index is 0.404. The second-order valence-corrected chi connectivity index (χ2v) is 5.88. The van der Waals surface area contributed by atoms with Crippen LogP contribution < -0.4 is 4.74 Å². The minimum absolute atomic E-state index is 0.404. The fraction of sp³-hybridized carbons (Fsp3) is 0.588. The topological polar surface area (TPSA) is 41.1 Å². The molecule has 1 unspecified atom stereocenters. The van der Waals surface area contributed by atoms with Crippen LogP contribution in [-0.2, 0) is 0 Å². The number of nitrogens with one attached hydrogen (secondary N) is 1. The fourth-order valence-electron chi connectivity index (χ4n) is 3.32. The molecule has 0 spiro atoms. The van der Waals surface area contributed by atoms with E-state index in [-0.39, 0.29) is 0 Å². The van der Waals surface area contributed by atoms with Crippen molar-refractivity contribution in [3.63, 3.8) is 0 Å². The quantitative estimate of drug-likeness (QED) is 0.927. The molecule has 1 aromatic heterocycles. The number of aromatic nitrogens is 2. The Bertz CT molecular complexity index is 585. The summed E-state index contributed by atoms with van der Waals surface area (Å²) >= 11 is 0. The first-order valence-electron chi connectivity index (χ1n) is 8.09. The molecule has 0 radical (unpaired) electrons. The van der Waals surface area contributed by atoms with Gasteiger partial charge in [-0.2, -0.15) is 0 Å². The van der Waals surface area contributed by atoms with Crippen LogP contribution in [0.1, 0.15) is 50.9 Å². The lowest BCUT2D eigenvalue weighted by Crippen LogP contribution is -2.30. The van der Waals surface area contributed by atoms with Gasteiger partial charge in [0.25, 0.3) is 0 Å². The Hall–Kier alpha value is -1.55. The second kappa shape index (κ2) is 6.48. The maximum absolute atomic E-state index is 5.29. The molecule has 1 atom stereocenters. The van der Waals surface area contributed by atoms with E-state index < -0.39 is 0 Å². The van der Waals surface area contributed by atoms with Gasteiger partial charge in [0.1, 0.15) is 11.6 Å². The standard InChI is InChI=1S/C17H25N3O/c1-3-16(20-10-6-4-5-7-11-20)17-18-14-9-8-13(21-2)12-15(14)19-17/h8-9,12,16H,3-7,10-11H2,1-2H3,(H,18,19). The van der Waals surface area contributed by atoms with Gasteiger partial charge in [0, 0.05) is 6.07 Å². The molecule has 0 bridgehead atoms. The number of H-pyrrole nitrogens is 1. The molecule has 2 heterocycles. The zero-order valence-electron chi connectivity index (χ0n) is 13.1. The highest BCUT2D eigenvalue weighted by Gasteiger charge is 2.22. The average Bonchev–Trinajstić information content (AvgIpc) is 2.73. The predicted octanol–water partition coefficient (Wildman–Crippen LogP) is 3.90. The molecule has 0 aliphatic carbocycles. The van der Waals surface area contributed by atoms with E-state index in [9.17, 15) is 0 Å². The van der Waals surface area contributed by atoms with Gasteiger partial charge in [-0.25, -0.2) is 4.98 Å². The van der Waals surface area contributed by atoms with Crippen molar-refractivity contribution in [1.82, 2.24) is 14.9 Å². The Morgan fingerprint density at radius 1 is 1.24 bits per heavy atom. The molecule has 114 valence electrons.